The highest BCUT2D eigenvalue weighted by Gasteiger charge is 2.07. The topological polar surface area (TPSA) is 72.8 Å². The fourth-order valence-corrected chi connectivity index (χ4v) is 3.24. The molecule has 1 aromatic heterocycles. The van der Waals surface area contributed by atoms with Crippen molar-refractivity contribution in [2.75, 3.05) is 12.0 Å². The zero-order chi connectivity index (χ0) is 20.5. The van der Waals surface area contributed by atoms with E-state index in [4.69, 9.17) is 21.1 Å². The first-order valence-corrected chi connectivity index (χ1v) is 10.2. The molecule has 0 aliphatic heterocycles. The van der Waals surface area contributed by atoms with Crippen molar-refractivity contribution in [1.82, 2.24) is 4.98 Å². The molecule has 8 heteroatoms. The zero-order valence-corrected chi connectivity index (χ0v) is 17.4. The summed E-state index contributed by atoms with van der Waals surface area (Å²) in [5.74, 6) is 0.461. The van der Waals surface area contributed by atoms with Crippen LogP contribution in [0.5, 0.6) is 5.75 Å². The molecule has 0 amide bonds. The van der Waals surface area contributed by atoms with Crippen molar-refractivity contribution in [2.45, 2.75) is 20.0 Å². The molecule has 29 heavy (non-hydrogen) atoms. The minimum absolute atomic E-state index is 0.158. The Kier molecular flexibility index (Phi) is 7.61. The lowest BCUT2D eigenvalue weighted by Gasteiger charge is -2.07. The molecule has 0 aliphatic rings. The van der Waals surface area contributed by atoms with Gasteiger partial charge in [-0.25, -0.2) is 4.98 Å². The standard InChI is InChI=1S/C21H20ClN3O3S/c1-2-27-20(26)11-17-14-29-21(24-17)25-23-12-15-7-9-18(10-8-15)28-13-16-5-3-4-6-19(16)22/h3-10,12,14H,2,11,13H2,1H3,(H,24,25). The van der Waals surface area contributed by atoms with Gasteiger partial charge in [0.25, 0.3) is 0 Å². The van der Waals surface area contributed by atoms with E-state index in [0.29, 0.717) is 29.1 Å². The highest BCUT2D eigenvalue weighted by Crippen LogP contribution is 2.19. The van der Waals surface area contributed by atoms with E-state index in [0.717, 1.165) is 16.9 Å². The SMILES string of the molecule is CCOC(=O)Cc1csc(NN=Cc2ccc(OCc3ccccc3Cl)cc2)n1. The number of halogens is 1. The van der Waals surface area contributed by atoms with Gasteiger partial charge in [0.2, 0.25) is 5.13 Å². The number of hydrogen-bond acceptors (Lipinski definition) is 7. The number of benzene rings is 2. The van der Waals surface area contributed by atoms with Crippen molar-refractivity contribution in [3.8, 4) is 5.75 Å². The van der Waals surface area contributed by atoms with E-state index in [9.17, 15) is 4.79 Å². The van der Waals surface area contributed by atoms with Gasteiger partial charge < -0.3 is 9.47 Å². The Labute approximate surface area is 178 Å². The first kappa shape index (κ1) is 20.8. The Morgan fingerprint density at radius 1 is 1.24 bits per heavy atom. The third kappa shape index (κ3) is 6.58. The molecule has 0 spiro atoms. The third-order valence-electron chi connectivity index (χ3n) is 3.79. The summed E-state index contributed by atoms with van der Waals surface area (Å²) in [5.41, 5.74) is 5.37. The van der Waals surface area contributed by atoms with Crippen LogP contribution in [0.25, 0.3) is 0 Å². The van der Waals surface area contributed by atoms with Crippen LogP contribution in [-0.4, -0.2) is 23.8 Å². The number of nitrogens with zero attached hydrogens (tertiary/aromatic N) is 2. The Morgan fingerprint density at radius 2 is 2.03 bits per heavy atom. The second kappa shape index (κ2) is 10.6. The Hall–Kier alpha value is -2.90. The number of carbonyl (C=O) groups is 1. The lowest BCUT2D eigenvalue weighted by Crippen LogP contribution is -2.07. The summed E-state index contributed by atoms with van der Waals surface area (Å²) >= 11 is 7.51. The molecule has 0 saturated carbocycles. The van der Waals surface area contributed by atoms with Crippen molar-refractivity contribution in [3.05, 3.63) is 75.8 Å². The molecule has 0 fully saturated rings. The number of nitrogens with one attached hydrogen (secondary N) is 1. The summed E-state index contributed by atoms with van der Waals surface area (Å²) in [7, 11) is 0. The smallest absolute Gasteiger partial charge is 0.311 e. The van der Waals surface area contributed by atoms with Gasteiger partial charge in [-0.1, -0.05) is 29.8 Å². The summed E-state index contributed by atoms with van der Waals surface area (Å²) < 4.78 is 10.7. The van der Waals surface area contributed by atoms with Crippen LogP contribution >= 0.6 is 22.9 Å². The van der Waals surface area contributed by atoms with Gasteiger partial charge in [-0.15, -0.1) is 11.3 Å². The summed E-state index contributed by atoms with van der Waals surface area (Å²) in [6.45, 7) is 2.55. The van der Waals surface area contributed by atoms with Crippen LogP contribution in [0.4, 0.5) is 5.13 Å². The average molecular weight is 430 g/mol. The molecule has 0 radical (unpaired) electrons. The van der Waals surface area contributed by atoms with Crippen molar-refractivity contribution in [3.63, 3.8) is 0 Å². The molecule has 6 nitrogen and oxygen atoms in total. The molecule has 0 atom stereocenters. The molecular formula is C21H20ClN3O3S. The monoisotopic (exact) mass is 429 g/mol. The van der Waals surface area contributed by atoms with Gasteiger partial charge in [0.1, 0.15) is 12.4 Å². The van der Waals surface area contributed by atoms with Gasteiger partial charge in [0.15, 0.2) is 0 Å². The van der Waals surface area contributed by atoms with Crippen LogP contribution in [-0.2, 0) is 22.6 Å². The van der Waals surface area contributed by atoms with E-state index in [1.54, 1.807) is 18.5 Å². The largest absolute Gasteiger partial charge is 0.489 e. The highest BCUT2D eigenvalue weighted by atomic mass is 35.5. The molecule has 3 aromatic rings. The molecule has 0 aliphatic carbocycles. The fourth-order valence-electron chi connectivity index (χ4n) is 2.39. The first-order valence-electron chi connectivity index (χ1n) is 8.99. The van der Waals surface area contributed by atoms with Crippen LogP contribution in [0.1, 0.15) is 23.7 Å². The van der Waals surface area contributed by atoms with Gasteiger partial charge in [0, 0.05) is 16.0 Å². The molecule has 2 aromatic carbocycles. The van der Waals surface area contributed by atoms with Crippen LogP contribution in [0.2, 0.25) is 5.02 Å². The summed E-state index contributed by atoms with van der Waals surface area (Å²) in [6, 6.07) is 15.2. The van der Waals surface area contributed by atoms with Crippen molar-refractivity contribution in [1.29, 1.82) is 0 Å². The second-order valence-corrected chi connectivity index (χ2v) is 7.21. The van der Waals surface area contributed by atoms with Crippen molar-refractivity contribution < 1.29 is 14.3 Å². The predicted molar refractivity (Wildman–Crippen MR) is 116 cm³/mol. The van der Waals surface area contributed by atoms with Crippen LogP contribution in [0.3, 0.4) is 0 Å². The minimum atomic E-state index is -0.287. The normalized spacial score (nSPS) is 10.8. The number of ether oxygens (including phenoxy) is 2. The van der Waals surface area contributed by atoms with E-state index < -0.39 is 0 Å². The average Bonchev–Trinajstić information content (AvgIpc) is 3.15. The number of rotatable bonds is 9. The van der Waals surface area contributed by atoms with Crippen LogP contribution in [0, 0.1) is 0 Å². The first-order chi connectivity index (χ1) is 14.1. The van der Waals surface area contributed by atoms with Crippen molar-refractivity contribution in [2.24, 2.45) is 5.10 Å². The molecule has 0 unspecified atom stereocenters. The Balaban J connectivity index is 1.48. The number of hydrazone groups is 1. The molecular weight excluding hydrogens is 410 g/mol. The molecule has 0 bridgehead atoms. The van der Waals surface area contributed by atoms with E-state index in [2.05, 4.69) is 15.5 Å². The summed E-state index contributed by atoms with van der Waals surface area (Å²) in [5, 5.41) is 7.28. The maximum Gasteiger partial charge on any atom is 0.311 e. The molecule has 1 N–H and O–H groups in total. The van der Waals surface area contributed by atoms with Crippen molar-refractivity contribution >= 4 is 40.3 Å². The lowest BCUT2D eigenvalue weighted by atomic mass is 10.2. The van der Waals surface area contributed by atoms with Gasteiger partial charge in [-0.05, 0) is 42.8 Å². The molecule has 3 rings (SSSR count). The van der Waals surface area contributed by atoms with Crippen LogP contribution < -0.4 is 10.2 Å². The van der Waals surface area contributed by atoms with Crippen LogP contribution in [0.15, 0.2) is 59.0 Å². The Bertz CT molecular complexity index is 973. The van der Waals surface area contributed by atoms with E-state index in [-0.39, 0.29) is 12.4 Å². The van der Waals surface area contributed by atoms with Gasteiger partial charge in [-0.3, -0.25) is 10.2 Å². The number of esters is 1. The fraction of sp³-hybridized carbons (Fsp3) is 0.190. The predicted octanol–water partition coefficient (Wildman–Crippen LogP) is 4.93. The van der Waals surface area contributed by atoms with E-state index in [1.165, 1.54) is 11.3 Å². The van der Waals surface area contributed by atoms with E-state index in [1.807, 2.05) is 48.5 Å². The quantitative estimate of drug-likeness (QED) is 0.296. The number of anilines is 1. The summed E-state index contributed by atoms with van der Waals surface area (Å²) in [4.78, 5) is 15.8. The lowest BCUT2D eigenvalue weighted by molar-refractivity contribution is -0.142. The summed E-state index contributed by atoms with van der Waals surface area (Å²) in [6.07, 6.45) is 1.84. The second-order valence-electron chi connectivity index (χ2n) is 5.94. The minimum Gasteiger partial charge on any atom is -0.489 e. The number of aromatic nitrogens is 1. The van der Waals surface area contributed by atoms with E-state index >= 15 is 0 Å². The number of carbonyl (C=O) groups excluding carboxylic acids is 1. The third-order valence-corrected chi connectivity index (χ3v) is 4.95. The zero-order valence-electron chi connectivity index (χ0n) is 15.8. The van der Waals surface area contributed by atoms with Gasteiger partial charge in [0.05, 0.1) is 24.9 Å². The van der Waals surface area contributed by atoms with Gasteiger partial charge >= 0.3 is 5.97 Å². The maximum atomic E-state index is 11.5. The maximum absolute atomic E-state index is 11.5. The number of hydrogen-bond donors (Lipinski definition) is 1. The number of thiazole rings is 1. The molecule has 150 valence electrons. The molecule has 1 heterocycles. The highest BCUT2D eigenvalue weighted by molar-refractivity contribution is 7.13. The molecule has 0 saturated heterocycles. The Morgan fingerprint density at radius 3 is 2.79 bits per heavy atom. The van der Waals surface area contributed by atoms with Gasteiger partial charge in [-0.2, -0.15) is 5.10 Å².